The van der Waals surface area contributed by atoms with Crippen molar-refractivity contribution in [3.05, 3.63) is 71.4 Å². The SMILES string of the molecule is C=CCn1c(SCC(=O)NCc2ccco2)nnc1C(C)Oc1ccc(Cl)c(C)c1. The number of nitrogens with zero attached hydrogens (tertiary/aromatic N) is 3. The van der Waals surface area contributed by atoms with E-state index >= 15 is 0 Å². The molecule has 1 atom stereocenters. The molecule has 0 fully saturated rings. The molecule has 1 N–H and O–H groups in total. The fraction of sp³-hybridized carbons (Fsp3) is 0.286. The van der Waals surface area contributed by atoms with Crippen molar-refractivity contribution in [1.82, 2.24) is 20.1 Å². The van der Waals surface area contributed by atoms with Crippen LogP contribution in [0.2, 0.25) is 5.02 Å². The van der Waals surface area contributed by atoms with Crippen LogP contribution in [-0.2, 0) is 17.9 Å². The Kier molecular flexibility index (Phi) is 7.59. The predicted octanol–water partition coefficient (Wildman–Crippen LogP) is 4.57. The van der Waals surface area contributed by atoms with E-state index in [-0.39, 0.29) is 17.8 Å². The van der Waals surface area contributed by atoms with Crippen LogP contribution in [0.25, 0.3) is 0 Å². The van der Waals surface area contributed by atoms with Gasteiger partial charge in [0.15, 0.2) is 17.1 Å². The van der Waals surface area contributed by atoms with E-state index in [2.05, 4.69) is 22.1 Å². The van der Waals surface area contributed by atoms with E-state index in [9.17, 15) is 4.79 Å². The smallest absolute Gasteiger partial charge is 0.230 e. The van der Waals surface area contributed by atoms with Crippen LogP contribution >= 0.6 is 23.4 Å². The third-order valence-electron chi connectivity index (χ3n) is 4.24. The summed E-state index contributed by atoms with van der Waals surface area (Å²) in [6.45, 7) is 8.48. The Labute approximate surface area is 184 Å². The highest BCUT2D eigenvalue weighted by Gasteiger charge is 2.20. The molecule has 0 saturated heterocycles. The van der Waals surface area contributed by atoms with Gasteiger partial charge in [0.2, 0.25) is 5.91 Å². The molecule has 1 aromatic carbocycles. The van der Waals surface area contributed by atoms with Crippen molar-refractivity contribution < 1.29 is 13.9 Å². The molecule has 0 aliphatic rings. The third kappa shape index (κ3) is 5.67. The molecule has 2 aromatic heterocycles. The first kappa shape index (κ1) is 22.0. The van der Waals surface area contributed by atoms with Crippen molar-refractivity contribution >= 4 is 29.3 Å². The highest BCUT2D eigenvalue weighted by Crippen LogP contribution is 2.27. The van der Waals surface area contributed by atoms with Crippen LogP contribution < -0.4 is 10.1 Å². The van der Waals surface area contributed by atoms with Gasteiger partial charge in [0.05, 0.1) is 18.6 Å². The summed E-state index contributed by atoms with van der Waals surface area (Å²) in [6.07, 6.45) is 2.98. The molecule has 3 aromatic rings. The molecule has 7 nitrogen and oxygen atoms in total. The predicted molar refractivity (Wildman–Crippen MR) is 117 cm³/mol. The second kappa shape index (κ2) is 10.4. The molecule has 0 aliphatic carbocycles. The lowest BCUT2D eigenvalue weighted by Crippen LogP contribution is -2.24. The third-order valence-corrected chi connectivity index (χ3v) is 5.63. The molecule has 0 aliphatic heterocycles. The van der Waals surface area contributed by atoms with Gasteiger partial charge in [-0.3, -0.25) is 9.36 Å². The summed E-state index contributed by atoms with van der Waals surface area (Å²) in [7, 11) is 0. The van der Waals surface area contributed by atoms with Crippen molar-refractivity contribution in [3.8, 4) is 5.75 Å². The van der Waals surface area contributed by atoms with Crippen molar-refractivity contribution in [2.45, 2.75) is 38.2 Å². The molecule has 3 rings (SSSR count). The number of carbonyl (C=O) groups is 1. The Morgan fingerprint density at radius 2 is 2.27 bits per heavy atom. The van der Waals surface area contributed by atoms with Crippen molar-refractivity contribution in [2.75, 3.05) is 5.75 Å². The fourth-order valence-electron chi connectivity index (χ4n) is 2.74. The van der Waals surface area contributed by atoms with Crippen molar-refractivity contribution in [1.29, 1.82) is 0 Å². The van der Waals surface area contributed by atoms with Crippen LogP contribution in [0, 0.1) is 6.92 Å². The van der Waals surface area contributed by atoms with E-state index in [4.69, 9.17) is 20.8 Å². The van der Waals surface area contributed by atoms with Gasteiger partial charge in [-0.05, 0) is 49.7 Å². The highest BCUT2D eigenvalue weighted by molar-refractivity contribution is 7.99. The number of nitrogens with one attached hydrogen (secondary N) is 1. The Balaban J connectivity index is 1.63. The number of thioether (sulfide) groups is 1. The quantitative estimate of drug-likeness (QED) is 0.363. The van der Waals surface area contributed by atoms with Crippen LogP contribution in [-0.4, -0.2) is 26.4 Å². The molecule has 30 heavy (non-hydrogen) atoms. The first-order chi connectivity index (χ1) is 14.5. The van der Waals surface area contributed by atoms with E-state index < -0.39 is 0 Å². The van der Waals surface area contributed by atoms with Crippen LogP contribution in [0.4, 0.5) is 0 Å². The van der Waals surface area contributed by atoms with Gasteiger partial charge in [-0.25, -0.2) is 0 Å². The molecule has 2 heterocycles. The summed E-state index contributed by atoms with van der Waals surface area (Å²) in [4.78, 5) is 12.1. The number of aromatic nitrogens is 3. The Hall–Kier alpha value is -2.71. The monoisotopic (exact) mass is 446 g/mol. The largest absolute Gasteiger partial charge is 0.483 e. The number of ether oxygens (including phenoxy) is 1. The van der Waals surface area contributed by atoms with Gasteiger partial charge in [0, 0.05) is 11.6 Å². The highest BCUT2D eigenvalue weighted by atomic mass is 35.5. The minimum atomic E-state index is -0.347. The van der Waals surface area contributed by atoms with Gasteiger partial charge >= 0.3 is 0 Å². The molecule has 0 bridgehead atoms. The van der Waals surface area contributed by atoms with Crippen LogP contribution in [0.5, 0.6) is 5.75 Å². The zero-order valence-electron chi connectivity index (χ0n) is 16.8. The first-order valence-electron chi connectivity index (χ1n) is 9.36. The van der Waals surface area contributed by atoms with Gasteiger partial charge in [0.25, 0.3) is 0 Å². The molecule has 1 amide bonds. The van der Waals surface area contributed by atoms with Crippen molar-refractivity contribution in [2.24, 2.45) is 0 Å². The molecule has 0 spiro atoms. The maximum atomic E-state index is 12.1. The molecular weight excluding hydrogens is 424 g/mol. The van der Waals surface area contributed by atoms with E-state index in [1.807, 2.05) is 36.6 Å². The first-order valence-corrected chi connectivity index (χ1v) is 10.7. The molecule has 0 radical (unpaired) electrons. The summed E-state index contributed by atoms with van der Waals surface area (Å²) in [5.41, 5.74) is 0.936. The average molecular weight is 447 g/mol. The van der Waals surface area contributed by atoms with Gasteiger partial charge in [-0.2, -0.15) is 0 Å². The topological polar surface area (TPSA) is 82.2 Å². The Morgan fingerprint density at radius 1 is 1.43 bits per heavy atom. The van der Waals surface area contributed by atoms with E-state index in [1.165, 1.54) is 11.8 Å². The fourth-order valence-corrected chi connectivity index (χ4v) is 3.64. The number of amides is 1. The zero-order chi connectivity index (χ0) is 21.5. The van der Waals surface area contributed by atoms with Crippen LogP contribution in [0.1, 0.15) is 30.2 Å². The summed E-state index contributed by atoms with van der Waals surface area (Å²) in [5.74, 6) is 2.15. The summed E-state index contributed by atoms with van der Waals surface area (Å²) < 4.78 is 13.1. The van der Waals surface area contributed by atoms with Gasteiger partial charge in [-0.1, -0.05) is 29.4 Å². The maximum Gasteiger partial charge on any atom is 0.230 e. The van der Waals surface area contributed by atoms with E-state index in [0.29, 0.717) is 40.6 Å². The average Bonchev–Trinajstić information content (AvgIpc) is 3.38. The van der Waals surface area contributed by atoms with Crippen molar-refractivity contribution in [3.63, 3.8) is 0 Å². The number of benzene rings is 1. The number of carbonyl (C=O) groups excluding carboxylic acids is 1. The van der Waals surface area contributed by atoms with Gasteiger partial charge in [0.1, 0.15) is 11.5 Å². The molecule has 9 heteroatoms. The lowest BCUT2D eigenvalue weighted by molar-refractivity contribution is -0.118. The van der Waals surface area contributed by atoms with E-state index in [0.717, 1.165) is 5.56 Å². The summed E-state index contributed by atoms with van der Waals surface area (Å²) in [6, 6.07) is 9.09. The number of furan rings is 1. The molecule has 0 saturated carbocycles. The standard InChI is InChI=1S/C21H23ClN4O3S/c1-4-9-26-20(15(3)29-16-7-8-18(22)14(2)11-16)24-25-21(26)30-13-19(27)23-12-17-6-5-10-28-17/h4-8,10-11,15H,1,9,12-13H2,2-3H3,(H,23,27). The molecular formula is C21H23ClN4O3S. The Bertz CT molecular complexity index is 1000. The van der Waals surface area contributed by atoms with Crippen LogP contribution in [0.3, 0.4) is 0 Å². The summed E-state index contributed by atoms with van der Waals surface area (Å²) in [5, 5.41) is 12.6. The normalized spacial score (nSPS) is 11.8. The molecule has 1 unspecified atom stereocenters. The van der Waals surface area contributed by atoms with Crippen LogP contribution in [0.15, 0.2) is 58.8 Å². The lowest BCUT2D eigenvalue weighted by Gasteiger charge is -2.16. The second-order valence-corrected chi connectivity index (χ2v) is 7.91. The molecule has 158 valence electrons. The number of allylic oxidation sites excluding steroid dienone is 1. The second-order valence-electron chi connectivity index (χ2n) is 6.56. The number of halogens is 1. The van der Waals surface area contributed by atoms with E-state index in [1.54, 1.807) is 24.5 Å². The zero-order valence-corrected chi connectivity index (χ0v) is 18.4. The maximum absolute atomic E-state index is 12.1. The lowest BCUT2D eigenvalue weighted by atomic mass is 10.2. The van der Waals surface area contributed by atoms with Gasteiger partial charge in [-0.15, -0.1) is 16.8 Å². The minimum Gasteiger partial charge on any atom is -0.483 e. The number of hydrogen-bond acceptors (Lipinski definition) is 6. The number of hydrogen-bond donors (Lipinski definition) is 1. The summed E-state index contributed by atoms with van der Waals surface area (Å²) >= 11 is 7.39. The van der Waals surface area contributed by atoms with Gasteiger partial charge < -0.3 is 14.5 Å². The number of rotatable bonds is 10. The Morgan fingerprint density at radius 3 is 2.97 bits per heavy atom. The minimum absolute atomic E-state index is 0.118. The number of aryl methyl sites for hydroxylation is 1.